The van der Waals surface area contributed by atoms with Crippen LogP contribution in [0.5, 0.6) is 5.75 Å². The van der Waals surface area contributed by atoms with Gasteiger partial charge >= 0.3 is 12.0 Å². The molecule has 120 valence electrons. The average molecular weight is 335 g/mol. The quantitative estimate of drug-likeness (QED) is 0.631. The number of carboxylic acid groups (broad SMARTS) is 1. The lowest BCUT2D eigenvalue weighted by molar-refractivity contribution is -0.139. The number of aliphatic carboxylic acids is 1. The number of primary amides is 2. The predicted molar refractivity (Wildman–Crippen MR) is 84.6 cm³/mol. The van der Waals surface area contributed by atoms with Crippen LogP contribution in [0, 0.1) is 0 Å². The van der Waals surface area contributed by atoms with Crippen molar-refractivity contribution in [3.8, 4) is 16.2 Å². The van der Waals surface area contributed by atoms with Gasteiger partial charge in [0.15, 0.2) is 6.61 Å². The Balaban J connectivity index is 2.44. The molecule has 0 aliphatic heterocycles. The van der Waals surface area contributed by atoms with Gasteiger partial charge in [-0.05, 0) is 18.2 Å². The largest absolute Gasteiger partial charge is 0.481 e. The van der Waals surface area contributed by atoms with E-state index in [1.54, 1.807) is 24.3 Å². The Morgan fingerprint density at radius 1 is 1.22 bits per heavy atom. The van der Waals surface area contributed by atoms with Gasteiger partial charge < -0.3 is 21.3 Å². The van der Waals surface area contributed by atoms with E-state index in [0.29, 0.717) is 16.2 Å². The highest BCUT2D eigenvalue weighted by molar-refractivity contribution is 7.20. The Morgan fingerprint density at radius 3 is 2.52 bits per heavy atom. The number of carbonyl (C=O) groups excluding carboxylic acids is 2. The van der Waals surface area contributed by atoms with Gasteiger partial charge in [-0.15, -0.1) is 11.3 Å². The number of benzene rings is 1. The molecule has 0 aliphatic carbocycles. The predicted octanol–water partition coefficient (Wildman–Crippen LogP) is 1.47. The number of urea groups is 1. The number of nitrogens with one attached hydrogen (secondary N) is 1. The number of rotatable bonds is 6. The van der Waals surface area contributed by atoms with Crippen LogP contribution < -0.4 is 21.5 Å². The van der Waals surface area contributed by atoms with E-state index in [1.807, 2.05) is 0 Å². The topological polar surface area (TPSA) is 145 Å². The summed E-state index contributed by atoms with van der Waals surface area (Å²) in [6, 6.07) is 7.38. The molecule has 1 heterocycles. The van der Waals surface area contributed by atoms with E-state index in [1.165, 1.54) is 6.07 Å². The third-order valence-corrected chi connectivity index (χ3v) is 3.82. The van der Waals surface area contributed by atoms with Gasteiger partial charge in [-0.2, -0.15) is 0 Å². The molecule has 0 spiro atoms. The Kier molecular flexibility index (Phi) is 4.82. The zero-order chi connectivity index (χ0) is 17.0. The van der Waals surface area contributed by atoms with Crippen molar-refractivity contribution < 1.29 is 24.2 Å². The molecule has 1 aromatic carbocycles. The third-order valence-electron chi connectivity index (χ3n) is 2.74. The summed E-state index contributed by atoms with van der Waals surface area (Å²) >= 11 is 1.08. The summed E-state index contributed by atoms with van der Waals surface area (Å²) in [4.78, 5) is 33.7. The number of hydrogen-bond donors (Lipinski definition) is 4. The zero-order valence-corrected chi connectivity index (χ0v) is 12.6. The van der Waals surface area contributed by atoms with Crippen molar-refractivity contribution in [2.24, 2.45) is 11.5 Å². The second kappa shape index (κ2) is 6.79. The molecule has 0 saturated heterocycles. The highest BCUT2D eigenvalue weighted by atomic mass is 32.1. The maximum absolute atomic E-state index is 11.5. The van der Waals surface area contributed by atoms with Crippen LogP contribution in [-0.4, -0.2) is 29.6 Å². The summed E-state index contributed by atoms with van der Waals surface area (Å²) in [5.74, 6) is -1.50. The fourth-order valence-corrected chi connectivity index (χ4v) is 2.94. The minimum absolute atomic E-state index is 0.108. The molecule has 6 N–H and O–H groups in total. The van der Waals surface area contributed by atoms with Crippen molar-refractivity contribution in [3.63, 3.8) is 0 Å². The van der Waals surface area contributed by atoms with Crippen molar-refractivity contribution in [2.75, 3.05) is 11.9 Å². The second-order valence-electron chi connectivity index (χ2n) is 4.39. The monoisotopic (exact) mass is 335 g/mol. The normalized spacial score (nSPS) is 10.1. The number of anilines is 1. The molecule has 3 amide bonds. The van der Waals surface area contributed by atoms with Gasteiger partial charge in [0.1, 0.15) is 10.8 Å². The molecule has 8 nitrogen and oxygen atoms in total. The summed E-state index contributed by atoms with van der Waals surface area (Å²) < 4.78 is 5.22. The summed E-state index contributed by atoms with van der Waals surface area (Å²) in [5, 5.41) is 11.3. The van der Waals surface area contributed by atoms with Crippen LogP contribution in [0.2, 0.25) is 0 Å². The maximum atomic E-state index is 11.5. The number of carboxylic acids is 1. The lowest BCUT2D eigenvalue weighted by Crippen LogP contribution is -2.21. The first-order valence-corrected chi connectivity index (χ1v) is 7.14. The molecule has 0 unspecified atom stereocenters. The van der Waals surface area contributed by atoms with Crippen LogP contribution in [0.1, 0.15) is 10.4 Å². The van der Waals surface area contributed by atoms with Gasteiger partial charge in [-0.3, -0.25) is 10.1 Å². The molecular weight excluding hydrogens is 322 g/mol. The molecule has 1 aromatic heterocycles. The standard InChI is InChI=1S/C14H13N3O5S/c15-12(20)8-5-10(23-13(8)17-14(16)21)7-3-1-2-4-9(7)22-6-11(18)19/h1-5H,6H2,(H2,15,20)(H,18,19)(H3,16,17,21). The number of hydrogen-bond acceptors (Lipinski definition) is 5. The van der Waals surface area contributed by atoms with Crippen molar-refractivity contribution in [3.05, 3.63) is 35.9 Å². The first kappa shape index (κ1) is 16.3. The van der Waals surface area contributed by atoms with E-state index in [4.69, 9.17) is 21.3 Å². The van der Waals surface area contributed by atoms with E-state index in [0.717, 1.165) is 11.3 Å². The first-order chi connectivity index (χ1) is 10.9. The molecule has 0 saturated carbocycles. The van der Waals surface area contributed by atoms with Crippen LogP contribution in [0.3, 0.4) is 0 Å². The molecule has 0 bridgehead atoms. The summed E-state index contributed by atoms with van der Waals surface area (Å²) in [5.41, 5.74) is 11.0. The molecule has 23 heavy (non-hydrogen) atoms. The van der Waals surface area contributed by atoms with Crippen molar-refractivity contribution >= 4 is 34.2 Å². The lowest BCUT2D eigenvalue weighted by atomic mass is 10.1. The second-order valence-corrected chi connectivity index (χ2v) is 5.44. The lowest BCUT2D eigenvalue weighted by Gasteiger charge is -2.08. The van der Waals surface area contributed by atoms with E-state index < -0.39 is 24.5 Å². The Labute approximate surface area is 134 Å². The third kappa shape index (κ3) is 3.98. The number of ether oxygens (including phenoxy) is 1. The van der Waals surface area contributed by atoms with E-state index in [9.17, 15) is 14.4 Å². The van der Waals surface area contributed by atoms with Crippen LogP contribution in [0.15, 0.2) is 30.3 Å². The number of nitrogens with two attached hydrogens (primary N) is 2. The van der Waals surface area contributed by atoms with E-state index in [2.05, 4.69) is 5.32 Å². The minimum atomic E-state index is -1.11. The van der Waals surface area contributed by atoms with Crippen LogP contribution in [0.4, 0.5) is 9.80 Å². The summed E-state index contributed by atoms with van der Waals surface area (Å²) in [7, 11) is 0. The Hall–Kier alpha value is -3.07. The molecular formula is C14H13N3O5S. The van der Waals surface area contributed by atoms with Gasteiger partial charge in [-0.1, -0.05) is 12.1 Å². The highest BCUT2D eigenvalue weighted by Crippen LogP contribution is 2.39. The number of amides is 3. The SMILES string of the molecule is NC(=O)Nc1sc(-c2ccccc2OCC(=O)O)cc1C(N)=O. The van der Waals surface area contributed by atoms with Crippen molar-refractivity contribution in [2.45, 2.75) is 0 Å². The summed E-state index contributed by atoms with van der Waals surface area (Å²) in [6.07, 6.45) is 0. The summed E-state index contributed by atoms with van der Waals surface area (Å²) in [6.45, 7) is -0.503. The van der Waals surface area contributed by atoms with Crippen LogP contribution >= 0.6 is 11.3 Å². The van der Waals surface area contributed by atoms with Gasteiger partial charge in [0, 0.05) is 10.4 Å². The fraction of sp³-hybridized carbons (Fsp3) is 0.0714. The molecule has 0 radical (unpaired) electrons. The van der Waals surface area contributed by atoms with Gasteiger partial charge in [0.2, 0.25) is 0 Å². The average Bonchev–Trinajstić information content (AvgIpc) is 2.88. The first-order valence-electron chi connectivity index (χ1n) is 6.32. The van der Waals surface area contributed by atoms with E-state index in [-0.39, 0.29) is 10.6 Å². The molecule has 2 rings (SSSR count). The van der Waals surface area contributed by atoms with Crippen LogP contribution in [-0.2, 0) is 4.79 Å². The fourth-order valence-electron chi connectivity index (χ4n) is 1.85. The molecule has 2 aromatic rings. The molecule has 0 aliphatic rings. The van der Waals surface area contributed by atoms with Gasteiger partial charge in [0.25, 0.3) is 5.91 Å². The highest BCUT2D eigenvalue weighted by Gasteiger charge is 2.18. The zero-order valence-electron chi connectivity index (χ0n) is 11.7. The minimum Gasteiger partial charge on any atom is -0.481 e. The Morgan fingerprint density at radius 2 is 1.91 bits per heavy atom. The molecule has 9 heteroatoms. The Bertz CT molecular complexity index is 772. The number of carbonyl (C=O) groups is 3. The van der Waals surface area contributed by atoms with E-state index >= 15 is 0 Å². The maximum Gasteiger partial charge on any atom is 0.341 e. The number of thiophene rings is 1. The van der Waals surface area contributed by atoms with Gasteiger partial charge in [-0.25, -0.2) is 9.59 Å². The molecule has 0 fully saturated rings. The van der Waals surface area contributed by atoms with Gasteiger partial charge in [0.05, 0.1) is 5.56 Å². The van der Waals surface area contributed by atoms with Crippen molar-refractivity contribution in [1.29, 1.82) is 0 Å². The smallest absolute Gasteiger partial charge is 0.341 e. The van der Waals surface area contributed by atoms with Crippen LogP contribution in [0.25, 0.3) is 10.4 Å². The van der Waals surface area contributed by atoms with Crippen molar-refractivity contribution in [1.82, 2.24) is 0 Å². The number of para-hydroxylation sites is 1. The molecule has 0 atom stereocenters.